The Labute approximate surface area is 243 Å². The largest absolute Gasteiger partial charge is 0.494 e. The number of hydrogen-bond acceptors (Lipinski definition) is 6. The fourth-order valence-corrected chi connectivity index (χ4v) is 5.95. The quantitative estimate of drug-likeness (QED) is 0.305. The average Bonchev–Trinajstić information content (AvgIpc) is 3.38. The van der Waals surface area contributed by atoms with Crippen molar-refractivity contribution in [2.75, 3.05) is 32.2 Å². The second-order valence-corrected chi connectivity index (χ2v) is 10.8. The molecule has 2 aliphatic heterocycles. The van der Waals surface area contributed by atoms with Gasteiger partial charge in [-0.15, -0.1) is 0 Å². The van der Waals surface area contributed by atoms with Gasteiger partial charge < -0.3 is 19.5 Å². The zero-order valence-electron chi connectivity index (χ0n) is 23.2. The molecule has 2 atom stereocenters. The van der Waals surface area contributed by atoms with E-state index in [1.807, 2.05) is 0 Å². The Morgan fingerprint density at radius 2 is 1.76 bits per heavy atom. The van der Waals surface area contributed by atoms with Gasteiger partial charge in [-0.3, -0.25) is 14.7 Å². The summed E-state index contributed by atoms with van der Waals surface area (Å²) in [6.07, 6.45) is 4.00. The van der Waals surface area contributed by atoms with Gasteiger partial charge in [0.2, 0.25) is 0 Å². The van der Waals surface area contributed by atoms with Gasteiger partial charge in [-0.2, -0.15) is 0 Å². The lowest BCUT2D eigenvalue weighted by atomic mass is 9.94. The Morgan fingerprint density at radius 3 is 2.41 bits per heavy atom. The van der Waals surface area contributed by atoms with Crippen LogP contribution in [0, 0.1) is 11.7 Å². The number of amides is 1. The molecule has 1 fully saturated rings. The maximum absolute atomic E-state index is 14.9. The summed E-state index contributed by atoms with van der Waals surface area (Å²) in [5.74, 6) is -0.611. The molecule has 3 aliphatic rings. The number of nitrogens with zero attached hydrogens (tertiary/aromatic N) is 3. The number of ether oxygens (including phenoxy) is 2. The molecule has 1 amide bonds. The van der Waals surface area contributed by atoms with Crippen molar-refractivity contribution in [1.29, 1.82) is 0 Å². The molecular weight excluding hydrogens is 552 g/mol. The van der Waals surface area contributed by atoms with Crippen molar-refractivity contribution in [3.8, 4) is 11.5 Å². The number of carbonyl (C=O) groups excluding carboxylic acids is 1. The summed E-state index contributed by atoms with van der Waals surface area (Å²) in [6.45, 7) is 2.52. The summed E-state index contributed by atoms with van der Waals surface area (Å²) < 4.78 is 39.9. The molecule has 2 aromatic rings. The van der Waals surface area contributed by atoms with Gasteiger partial charge in [0.1, 0.15) is 40.2 Å². The lowest BCUT2D eigenvalue weighted by molar-refractivity contribution is -0.115. The molecule has 1 aliphatic carbocycles. The predicted molar refractivity (Wildman–Crippen MR) is 155 cm³/mol. The van der Waals surface area contributed by atoms with Gasteiger partial charge in [0.05, 0.1) is 20.3 Å². The highest BCUT2D eigenvalue weighted by molar-refractivity contribution is 6.30. The summed E-state index contributed by atoms with van der Waals surface area (Å²) in [5, 5.41) is 12.0. The third-order valence-corrected chi connectivity index (χ3v) is 8.08. The van der Waals surface area contributed by atoms with E-state index < -0.39 is 17.8 Å². The van der Waals surface area contributed by atoms with Crippen LogP contribution in [0.25, 0.3) is 0 Å². The van der Waals surface area contributed by atoms with E-state index in [0.29, 0.717) is 65.7 Å². The Morgan fingerprint density at radius 1 is 1.07 bits per heavy atom. The number of allylic oxidation sites excluding steroid dienone is 3. The number of hydrogen-bond donors (Lipinski definition) is 1. The van der Waals surface area contributed by atoms with Crippen LogP contribution in [0.5, 0.6) is 11.5 Å². The van der Waals surface area contributed by atoms with Crippen molar-refractivity contribution < 1.29 is 28.2 Å². The van der Waals surface area contributed by atoms with Crippen LogP contribution >= 0.6 is 11.6 Å². The highest BCUT2D eigenvalue weighted by atomic mass is 35.5. The second kappa shape index (κ2) is 11.9. The fourth-order valence-electron chi connectivity index (χ4n) is 5.72. The van der Waals surface area contributed by atoms with Crippen LogP contribution in [0.2, 0.25) is 0 Å². The van der Waals surface area contributed by atoms with E-state index in [1.165, 1.54) is 37.3 Å². The predicted octanol–water partition coefficient (Wildman–Crippen LogP) is 6.65. The Kier molecular flexibility index (Phi) is 8.35. The van der Waals surface area contributed by atoms with Gasteiger partial charge in [-0.1, -0.05) is 17.7 Å². The number of anilines is 1. The number of carbonyl (C=O) groups is 1. The second-order valence-electron chi connectivity index (χ2n) is 10.3. The molecule has 1 N–H and O–H groups in total. The van der Waals surface area contributed by atoms with Gasteiger partial charge in [-0.25, -0.2) is 8.78 Å². The standard InChI is InChI=1S/C31H32ClF2N3O4/c1-18-27(30(38)36-15-14-20(17-36)23-7-4-6-21(32)16-24(23)34)31(39)37(28-25(40-2)8-5-9-26(28)41-3)29(35-18)19-10-12-22(33)13-11-19/h5,8-13,16,18,20,38H,4,6-7,14-15,17H2,1-3H3. The molecule has 0 radical (unpaired) electrons. The Balaban J connectivity index is 1.58. The van der Waals surface area contributed by atoms with Crippen LogP contribution in [0.4, 0.5) is 14.5 Å². The maximum Gasteiger partial charge on any atom is 0.267 e. The number of methoxy groups -OCH3 is 2. The van der Waals surface area contributed by atoms with Gasteiger partial charge in [0.25, 0.3) is 5.91 Å². The maximum atomic E-state index is 14.9. The van der Waals surface area contributed by atoms with Gasteiger partial charge >= 0.3 is 0 Å². The number of halogens is 3. The van der Waals surface area contributed by atoms with Crippen molar-refractivity contribution in [3.63, 3.8) is 0 Å². The molecule has 2 heterocycles. The highest BCUT2D eigenvalue weighted by Crippen LogP contribution is 2.42. The van der Waals surface area contributed by atoms with Crippen LogP contribution < -0.4 is 14.4 Å². The van der Waals surface area contributed by atoms with E-state index in [0.717, 1.165) is 6.42 Å². The third-order valence-electron chi connectivity index (χ3n) is 7.78. The first-order valence-corrected chi connectivity index (χ1v) is 13.9. The lowest BCUT2D eigenvalue weighted by Crippen LogP contribution is -2.46. The number of likely N-dealkylation sites (tertiary alicyclic amines) is 1. The lowest BCUT2D eigenvalue weighted by Gasteiger charge is -2.34. The first-order valence-electron chi connectivity index (χ1n) is 13.5. The van der Waals surface area contributed by atoms with Crippen LogP contribution in [0.15, 0.2) is 81.4 Å². The zero-order chi connectivity index (χ0) is 29.3. The van der Waals surface area contributed by atoms with Crippen molar-refractivity contribution in [2.45, 2.75) is 38.6 Å². The molecule has 0 spiro atoms. The minimum atomic E-state index is -0.728. The number of benzene rings is 2. The monoisotopic (exact) mass is 583 g/mol. The molecular formula is C31H32ClF2N3O4. The van der Waals surface area contributed by atoms with Crippen molar-refractivity contribution in [1.82, 2.24) is 4.90 Å². The zero-order valence-corrected chi connectivity index (χ0v) is 23.9. The van der Waals surface area contributed by atoms with E-state index in [9.17, 15) is 18.7 Å². The molecule has 0 bridgehead atoms. The summed E-state index contributed by atoms with van der Waals surface area (Å²) in [7, 11) is 2.96. The molecule has 216 valence electrons. The molecule has 0 saturated carbocycles. The van der Waals surface area contributed by atoms with E-state index in [2.05, 4.69) is 0 Å². The first-order chi connectivity index (χ1) is 19.7. The number of aliphatic hydroxyl groups excluding tert-OH is 1. The summed E-state index contributed by atoms with van der Waals surface area (Å²) >= 11 is 6.11. The van der Waals surface area contributed by atoms with Gasteiger partial charge in [0.15, 0.2) is 5.88 Å². The van der Waals surface area contributed by atoms with Crippen LogP contribution in [-0.4, -0.2) is 55.1 Å². The number of aliphatic hydroxyl groups is 1. The van der Waals surface area contributed by atoms with Crippen molar-refractivity contribution in [3.05, 3.63) is 87.8 Å². The SMILES string of the molecule is COc1cccc(OC)c1N1C(=O)C(=C(O)N2CCC(C3=C(F)C=C(Cl)CCC3)C2)C(C)N=C1c1ccc(F)cc1. The van der Waals surface area contributed by atoms with E-state index in [-0.39, 0.29) is 29.0 Å². The summed E-state index contributed by atoms with van der Waals surface area (Å²) in [4.78, 5) is 22.2. The van der Waals surface area contributed by atoms with E-state index in [4.69, 9.17) is 26.1 Å². The first kappa shape index (κ1) is 28.7. The van der Waals surface area contributed by atoms with Gasteiger partial charge in [0, 0.05) is 29.6 Å². The third kappa shape index (κ3) is 5.55. The smallest absolute Gasteiger partial charge is 0.267 e. The number of amidine groups is 1. The van der Waals surface area contributed by atoms with E-state index in [1.54, 1.807) is 42.2 Å². The van der Waals surface area contributed by atoms with E-state index >= 15 is 0 Å². The normalized spacial score (nSPS) is 22.8. The Hall–Kier alpha value is -3.85. The molecule has 2 aromatic carbocycles. The molecule has 41 heavy (non-hydrogen) atoms. The fraction of sp³-hybridized carbons (Fsp3) is 0.355. The van der Waals surface area contributed by atoms with Gasteiger partial charge in [-0.05, 0) is 80.7 Å². The van der Waals surface area contributed by atoms with Crippen molar-refractivity contribution in [2.24, 2.45) is 10.9 Å². The van der Waals surface area contributed by atoms with Crippen LogP contribution in [0.1, 0.15) is 38.2 Å². The minimum absolute atomic E-state index is 0.0859. The molecule has 5 rings (SSSR count). The minimum Gasteiger partial charge on any atom is -0.494 e. The van der Waals surface area contributed by atoms with Crippen LogP contribution in [-0.2, 0) is 4.79 Å². The Bertz CT molecular complexity index is 1450. The summed E-state index contributed by atoms with van der Waals surface area (Å²) in [6, 6.07) is 10.1. The molecule has 7 nitrogen and oxygen atoms in total. The van der Waals surface area contributed by atoms with Crippen molar-refractivity contribution >= 4 is 29.0 Å². The number of rotatable bonds is 6. The highest BCUT2D eigenvalue weighted by Gasteiger charge is 2.41. The number of aliphatic imine (C=N–C) groups is 1. The number of para-hydroxylation sites is 1. The molecule has 10 heteroatoms. The summed E-state index contributed by atoms with van der Waals surface area (Å²) in [5.41, 5.74) is 1.59. The average molecular weight is 584 g/mol. The molecule has 2 unspecified atom stereocenters. The van der Waals surface area contributed by atoms with Crippen LogP contribution in [0.3, 0.4) is 0 Å². The molecule has 0 aromatic heterocycles. The topological polar surface area (TPSA) is 74.6 Å². The molecule has 1 saturated heterocycles.